The number of hydrogen-bond acceptors (Lipinski definition) is 5. The van der Waals surface area contributed by atoms with Crippen molar-refractivity contribution in [1.82, 2.24) is 14.7 Å². The lowest BCUT2D eigenvalue weighted by Gasteiger charge is -2.20. The third-order valence-corrected chi connectivity index (χ3v) is 2.95. The van der Waals surface area contributed by atoms with E-state index < -0.39 is 0 Å². The Hall–Kier alpha value is -2.15. The molecule has 116 valence electrons. The normalized spacial score (nSPS) is 10.8. The number of carbonyl (C=O) groups excluding carboxylic acids is 2. The van der Waals surface area contributed by atoms with Crippen LogP contribution in [0.5, 0.6) is 0 Å². The fraction of sp³-hybridized carbons (Fsp3) is 0.500. The van der Waals surface area contributed by atoms with E-state index >= 15 is 0 Å². The topological polar surface area (TPSA) is 73.7 Å². The van der Waals surface area contributed by atoms with E-state index in [4.69, 9.17) is 4.74 Å². The van der Waals surface area contributed by atoms with E-state index in [9.17, 15) is 9.59 Å². The van der Waals surface area contributed by atoms with Gasteiger partial charge in [-0.2, -0.15) is 5.10 Å². The number of carbonyl (C=O) groups is 2. The Labute approximate surface area is 124 Å². The summed E-state index contributed by atoms with van der Waals surface area (Å²) in [5, 5.41) is 4.02. The second kappa shape index (κ2) is 8.91. The number of amides is 1. The van der Waals surface area contributed by atoms with Gasteiger partial charge in [-0.3, -0.25) is 14.3 Å². The second-order valence-electron chi connectivity index (χ2n) is 4.36. The molecular formula is C14H21N3O4. The van der Waals surface area contributed by atoms with Crippen LogP contribution in [0.2, 0.25) is 0 Å². The summed E-state index contributed by atoms with van der Waals surface area (Å²) in [6.45, 7) is 1.12. The summed E-state index contributed by atoms with van der Waals surface area (Å²) < 4.78 is 11.2. The largest absolute Gasteiger partial charge is 0.469 e. The Morgan fingerprint density at radius 3 is 2.71 bits per heavy atom. The van der Waals surface area contributed by atoms with E-state index in [0.29, 0.717) is 19.7 Å². The smallest absolute Gasteiger partial charge is 0.307 e. The SMILES string of the molecule is COCCN(CCC(=O)OC)C(=O)/C=C/c1ccnn1C. The first-order chi connectivity index (χ1) is 10.1. The molecule has 7 nitrogen and oxygen atoms in total. The molecule has 0 fully saturated rings. The van der Waals surface area contributed by atoms with Crippen molar-refractivity contribution in [2.24, 2.45) is 7.05 Å². The van der Waals surface area contributed by atoms with Gasteiger partial charge in [0.2, 0.25) is 5.91 Å². The summed E-state index contributed by atoms with van der Waals surface area (Å²) in [7, 11) is 4.69. The lowest BCUT2D eigenvalue weighted by molar-refractivity contribution is -0.141. The van der Waals surface area contributed by atoms with Gasteiger partial charge in [-0.05, 0) is 12.1 Å². The maximum absolute atomic E-state index is 12.2. The molecule has 0 aliphatic rings. The summed E-state index contributed by atoms with van der Waals surface area (Å²) in [6, 6.07) is 1.80. The Balaban J connectivity index is 2.63. The van der Waals surface area contributed by atoms with E-state index in [0.717, 1.165) is 5.69 Å². The van der Waals surface area contributed by atoms with Crippen molar-refractivity contribution in [2.45, 2.75) is 6.42 Å². The monoisotopic (exact) mass is 295 g/mol. The first-order valence-corrected chi connectivity index (χ1v) is 6.59. The van der Waals surface area contributed by atoms with Gasteiger partial charge in [0.25, 0.3) is 0 Å². The molecule has 1 amide bonds. The number of aromatic nitrogens is 2. The molecule has 1 aromatic heterocycles. The molecule has 0 atom stereocenters. The molecule has 0 radical (unpaired) electrons. The van der Waals surface area contributed by atoms with Crippen molar-refractivity contribution in [2.75, 3.05) is 33.9 Å². The molecule has 0 bridgehead atoms. The first-order valence-electron chi connectivity index (χ1n) is 6.59. The maximum Gasteiger partial charge on any atom is 0.307 e. The maximum atomic E-state index is 12.2. The lowest BCUT2D eigenvalue weighted by atomic mass is 10.3. The van der Waals surface area contributed by atoms with Gasteiger partial charge in [0.1, 0.15) is 0 Å². The van der Waals surface area contributed by atoms with Crippen LogP contribution in [0.3, 0.4) is 0 Å². The third kappa shape index (κ3) is 5.78. The van der Waals surface area contributed by atoms with Crippen LogP contribution in [0.1, 0.15) is 12.1 Å². The molecule has 21 heavy (non-hydrogen) atoms. The van der Waals surface area contributed by atoms with Gasteiger partial charge in [0.15, 0.2) is 0 Å². The Kier molecular flexibility index (Phi) is 7.17. The fourth-order valence-electron chi connectivity index (χ4n) is 1.67. The molecule has 0 unspecified atom stereocenters. The zero-order chi connectivity index (χ0) is 15.7. The Morgan fingerprint density at radius 1 is 1.38 bits per heavy atom. The van der Waals surface area contributed by atoms with Crippen LogP contribution in [0.25, 0.3) is 6.08 Å². The third-order valence-electron chi connectivity index (χ3n) is 2.95. The zero-order valence-electron chi connectivity index (χ0n) is 12.6. The van der Waals surface area contributed by atoms with Crippen LogP contribution in [0.15, 0.2) is 18.3 Å². The van der Waals surface area contributed by atoms with Crippen LogP contribution < -0.4 is 0 Å². The van der Waals surface area contributed by atoms with Gasteiger partial charge in [-0.1, -0.05) is 0 Å². The Bertz CT molecular complexity index is 496. The predicted octanol–water partition coefficient (Wildman–Crippen LogP) is 0.471. The number of hydrogen-bond donors (Lipinski definition) is 0. The standard InChI is InChI=1S/C14H21N3O4/c1-16-12(6-8-15-16)4-5-13(18)17(10-11-20-2)9-7-14(19)21-3/h4-6,8H,7,9-11H2,1-3H3/b5-4+. The highest BCUT2D eigenvalue weighted by atomic mass is 16.5. The van der Waals surface area contributed by atoms with Crippen LogP contribution in [-0.4, -0.2) is 60.5 Å². The van der Waals surface area contributed by atoms with E-state index in [2.05, 4.69) is 9.84 Å². The molecule has 1 heterocycles. The van der Waals surface area contributed by atoms with Gasteiger partial charge < -0.3 is 14.4 Å². The second-order valence-corrected chi connectivity index (χ2v) is 4.36. The molecule has 0 aromatic carbocycles. The van der Waals surface area contributed by atoms with Crippen molar-refractivity contribution in [3.63, 3.8) is 0 Å². The van der Waals surface area contributed by atoms with E-state index in [1.807, 2.05) is 0 Å². The van der Waals surface area contributed by atoms with Crippen molar-refractivity contribution in [3.8, 4) is 0 Å². The highest BCUT2D eigenvalue weighted by molar-refractivity contribution is 5.91. The molecule has 0 aliphatic carbocycles. The first kappa shape index (κ1) is 16.9. The van der Waals surface area contributed by atoms with Gasteiger partial charge >= 0.3 is 5.97 Å². The van der Waals surface area contributed by atoms with E-state index in [1.54, 1.807) is 42.1 Å². The van der Waals surface area contributed by atoms with Crippen LogP contribution in [0.4, 0.5) is 0 Å². The minimum Gasteiger partial charge on any atom is -0.469 e. The quantitative estimate of drug-likeness (QED) is 0.515. The number of methoxy groups -OCH3 is 2. The number of esters is 1. The highest BCUT2D eigenvalue weighted by Crippen LogP contribution is 2.02. The summed E-state index contributed by atoms with van der Waals surface area (Å²) in [5.41, 5.74) is 0.822. The average Bonchev–Trinajstić information content (AvgIpc) is 2.89. The summed E-state index contributed by atoms with van der Waals surface area (Å²) in [4.78, 5) is 24.9. The van der Waals surface area contributed by atoms with Gasteiger partial charge in [-0.25, -0.2) is 0 Å². The average molecular weight is 295 g/mol. The zero-order valence-corrected chi connectivity index (χ0v) is 12.6. The van der Waals surface area contributed by atoms with Crippen LogP contribution in [-0.2, 0) is 26.1 Å². The lowest BCUT2D eigenvalue weighted by Crippen LogP contribution is -2.34. The molecule has 0 saturated carbocycles. The van der Waals surface area contributed by atoms with Gasteiger partial charge in [0, 0.05) is 39.5 Å². The molecule has 0 aliphatic heterocycles. The van der Waals surface area contributed by atoms with Crippen molar-refractivity contribution in [3.05, 3.63) is 24.0 Å². The highest BCUT2D eigenvalue weighted by Gasteiger charge is 2.12. The molecule has 0 saturated heterocycles. The molecule has 0 N–H and O–H groups in total. The summed E-state index contributed by atoms with van der Waals surface area (Å²) in [5.74, 6) is -0.530. The molecule has 0 spiro atoms. The predicted molar refractivity (Wildman–Crippen MR) is 77.3 cm³/mol. The van der Waals surface area contributed by atoms with Crippen molar-refractivity contribution < 1.29 is 19.1 Å². The molecular weight excluding hydrogens is 274 g/mol. The van der Waals surface area contributed by atoms with Crippen molar-refractivity contribution >= 4 is 18.0 Å². The Morgan fingerprint density at radius 2 is 2.14 bits per heavy atom. The minimum absolute atomic E-state index is 0.158. The fourth-order valence-corrected chi connectivity index (χ4v) is 1.67. The number of ether oxygens (including phenoxy) is 2. The van der Waals surface area contributed by atoms with Crippen LogP contribution >= 0.6 is 0 Å². The van der Waals surface area contributed by atoms with Gasteiger partial charge in [-0.15, -0.1) is 0 Å². The molecule has 1 aromatic rings. The number of rotatable bonds is 8. The summed E-state index contributed by atoms with van der Waals surface area (Å²) >= 11 is 0. The molecule has 1 rings (SSSR count). The van der Waals surface area contributed by atoms with Crippen molar-refractivity contribution in [1.29, 1.82) is 0 Å². The molecule has 7 heteroatoms. The summed E-state index contributed by atoms with van der Waals surface area (Å²) in [6.07, 6.45) is 4.97. The minimum atomic E-state index is -0.346. The number of nitrogens with zero attached hydrogens (tertiary/aromatic N) is 3. The van der Waals surface area contributed by atoms with Crippen LogP contribution in [0, 0.1) is 0 Å². The van der Waals surface area contributed by atoms with E-state index in [1.165, 1.54) is 13.2 Å². The van der Waals surface area contributed by atoms with E-state index in [-0.39, 0.29) is 18.3 Å². The van der Waals surface area contributed by atoms with Gasteiger partial charge in [0.05, 0.1) is 25.8 Å². The number of aryl methyl sites for hydroxylation is 1.